The number of nitrogens with one attached hydrogen (secondary N) is 6. The van der Waals surface area contributed by atoms with E-state index in [1.807, 2.05) is 67.6 Å². The average molecular weight is 842 g/mol. The molecule has 1 saturated heterocycles. The summed E-state index contributed by atoms with van der Waals surface area (Å²) in [6, 6.07) is 18.0. The van der Waals surface area contributed by atoms with Crippen LogP contribution in [0.2, 0.25) is 0 Å². The van der Waals surface area contributed by atoms with Crippen molar-refractivity contribution in [3.8, 4) is 5.75 Å². The van der Waals surface area contributed by atoms with E-state index in [1.165, 1.54) is 36.2 Å². The Labute approximate surface area is 356 Å². The molecule has 7 amide bonds. The molecule has 61 heavy (non-hydrogen) atoms. The summed E-state index contributed by atoms with van der Waals surface area (Å²) in [5.41, 5.74) is 2.42. The number of aliphatic carboxylic acids is 1. The average Bonchev–Trinajstić information content (AvgIpc) is 3.25. The van der Waals surface area contributed by atoms with Crippen LogP contribution in [-0.4, -0.2) is 107 Å². The minimum atomic E-state index is -1.39. The third-order valence-electron chi connectivity index (χ3n) is 10.8. The summed E-state index contributed by atoms with van der Waals surface area (Å²) in [6.45, 7) is 3.40. The van der Waals surface area contributed by atoms with Gasteiger partial charge in [-0.2, -0.15) is 0 Å². The van der Waals surface area contributed by atoms with Crippen molar-refractivity contribution in [2.24, 2.45) is 5.92 Å². The maximum absolute atomic E-state index is 14.1. The minimum absolute atomic E-state index is 0.00544. The molecule has 1 heterocycles. The molecule has 0 radical (unpaired) electrons. The highest BCUT2D eigenvalue weighted by Gasteiger charge is 2.34. The second-order valence-electron chi connectivity index (χ2n) is 15.5. The van der Waals surface area contributed by atoms with Crippen molar-refractivity contribution < 1.29 is 43.8 Å². The molecule has 3 aromatic carbocycles. The number of carbonyl (C=O) groups excluding carboxylic acids is 6. The zero-order valence-electron chi connectivity index (χ0n) is 35.0. The van der Waals surface area contributed by atoms with Gasteiger partial charge in [-0.1, -0.05) is 93.1 Å². The van der Waals surface area contributed by atoms with E-state index in [-0.39, 0.29) is 44.5 Å². The lowest BCUT2D eigenvalue weighted by atomic mass is 9.96. The molecule has 4 rings (SSSR count). The number of phenolic OH excluding ortho intramolecular Hbond substituents is 1. The van der Waals surface area contributed by atoms with Crippen molar-refractivity contribution in [3.63, 3.8) is 0 Å². The zero-order chi connectivity index (χ0) is 44.3. The number of amides is 7. The predicted molar refractivity (Wildman–Crippen MR) is 228 cm³/mol. The molecule has 0 spiro atoms. The van der Waals surface area contributed by atoms with Crippen LogP contribution in [0.15, 0.2) is 84.9 Å². The lowest BCUT2D eigenvalue weighted by Gasteiger charge is -2.30. The number of aromatic hydroxyl groups is 1. The molecule has 3 aromatic rings. The molecular formula is C45H59N7O9. The molecule has 1 aliphatic rings. The van der Waals surface area contributed by atoms with Gasteiger partial charge in [-0.15, -0.1) is 0 Å². The molecule has 16 nitrogen and oxygen atoms in total. The molecule has 1 aliphatic heterocycles. The fourth-order valence-electron chi connectivity index (χ4n) is 6.96. The number of carbonyl (C=O) groups is 7. The third kappa shape index (κ3) is 15.6. The SMILES string of the molecule is CC[C@@H](C)[C@@H]1NC(=O)[C@H](NC(=O)N[C@@H](Cc2ccc(O)cc2)C(=O)O)CCCCNC(=O)[C@H](CCc2ccccc2)NC(=O)CN(C)C(=O)[C@H](CCc2ccccc2)NC1=O. The van der Waals surface area contributed by atoms with Gasteiger partial charge in [0, 0.05) is 20.0 Å². The smallest absolute Gasteiger partial charge is 0.326 e. The van der Waals surface area contributed by atoms with Crippen molar-refractivity contribution in [2.45, 2.75) is 102 Å². The Morgan fingerprint density at radius 2 is 1.38 bits per heavy atom. The topological polar surface area (TPSA) is 235 Å². The van der Waals surface area contributed by atoms with Gasteiger partial charge in [-0.05, 0) is 79.7 Å². The summed E-state index contributed by atoms with van der Waals surface area (Å²) in [5, 5.41) is 35.8. The Kier molecular flexibility index (Phi) is 18.6. The Morgan fingerprint density at radius 1 is 0.770 bits per heavy atom. The Morgan fingerprint density at radius 3 is 1.97 bits per heavy atom. The van der Waals surface area contributed by atoms with Crippen molar-refractivity contribution in [2.75, 3.05) is 20.1 Å². The van der Waals surface area contributed by atoms with Gasteiger partial charge in [0.05, 0.1) is 6.54 Å². The van der Waals surface area contributed by atoms with Gasteiger partial charge in [-0.25, -0.2) is 9.59 Å². The van der Waals surface area contributed by atoms with Crippen LogP contribution in [0.25, 0.3) is 0 Å². The number of benzene rings is 3. The third-order valence-corrected chi connectivity index (χ3v) is 10.8. The van der Waals surface area contributed by atoms with E-state index < -0.39 is 77.7 Å². The molecule has 8 N–H and O–H groups in total. The molecule has 0 saturated carbocycles. The number of phenols is 1. The fraction of sp³-hybridized carbons (Fsp3) is 0.444. The Hall–Kier alpha value is -6.45. The largest absolute Gasteiger partial charge is 0.508 e. The number of likely N-dealkylation sites (N-methyl/N-ethyl adjacent to an activating group) is 1. The first-order valence-corrected chi connectivity index (χ1v) is 20.8. The van der Waals surface area contributed by atoms with E-state index in [2.05, 4.69) is 31.9 Å². The normalized spacial score (nSPS) is 20.9. The molecular weight excluding hydrogens is 783 g/mol. The van der Waals surface area contributed by atoms with Crippen LogP contribution >= 0.6 is 0 Å². The van der Waals surface area contributed by atoms with Crippen LogP contribution in [-0.2, 0) is 48.0 Å². The molecule has 0 aliphatic carbocycles. The molecule has 6 atom stereocenters. The van der Waals surface area contributed by atoms with Crippen molar-refractivity contribution in [1.29, 1.82) is 0 Å². The monoisotopic (exact) mass is 841 g/mol. The summed E-state index contributed by atoms with van der Waals surface area (Å²) in [6.07, 6.45) is 2.43. The first-order chi connectivity index (χ1) is 29.2. The standard InChI is InChI=1S/C45H59N7O9/c1-4-29(2)39-42(57)48-36(25-21-31-15-9-6-10-16-31)43(58)52(3)28-38(54)47-35(24-20-30-13-7-5-8-14-30)40(55)46-26-12-11-17-34(41(56)51-39)49-45(61)50-37(44(59)60)27-32-18-22-33(53)23-19-32/h5-10,13-16,18-19,22-23,29,34-37,39,53H,4,11-12,17,20-21,24-28H2,1-3H3,(H,46,55)(H,47,54)(H,48,57)(H,51,56)(H,59,60)(H2,49,50,61)/t29-,34-,35+,36+,37+,39+/m1/s1. The summed E-state index contributed by atoms with van der Waals surface area (Å²) in [7, 11) is 1.44. The number of hydrogen-bond donors (Lipinski definition) is 8. The number of carboxylic acids is 1. The highest BCUT2D eigenvalue weighted by atomic mass is 16.4. The molecule has 1 fully saturated rings. The van der Waals surface area contributed by atoms with Crippen LogP contribution < -0.4 is 31.9 Å². The van der Waals surface area contributed by atoms with Gasteiger partial charge in [-0.3, -0.25) is 24.0 Å². The number of urea groups is 1. The number of carboxylic acid groups (broad SMARTS) is 1. The number of rotatable bonds is 13. The fourth-order valence-corrected chi connectivity index (χ4v) is 6.96. The van der Waals surface area contributed by atoms with E-state index in [0.29, 0.717) is 37.7 Å². The number of aryl methyl sites for hydroxylation is 2. The van der Waals surface area contributed by atoms with Gasteiger partial charge in [0.2, 0.25) is 29.5 Å². The Balaban J connectivity index is 1.61. The zero-order valence-corrected chi connectivity index (χ0v) is 35.0. The molecule has 328 valence electrons. The molecule has 16 heteroatoms. The molecule has 0 aromatic heterocycles. The van der Waals surface area contributed by atoms with Gasteiger partial charge < -0.3 is 47.0 Å². The number of hydrogen-bond acceptors (Lipinski definition) is 8. The summed E-state index contributed by atoms with van der Waals surface area (Å²) in [4.78, 5) is 96.0. The second kappa shape index (κ2) is 24.0. The minimum Gasteiger partial charge on any atom is -0.508 e. The first-order valence-electron chi connectivity index (χ1n) is 20.8. The van der Waals surface area contributed by atoms with E-state index >= 15 is 0 Å². The maximum atomic E-state index is 14.1. The lowest BCUT2D eigenvalue weighted by molar-refractivity contribution is -0.140. The summed E-state index contributed by atoms with van der Waals surface area (Å²) >= 11 is 0. The van der Waals surface area contributed by atoms with Crippen LogP contribution in [0.3, 0.4) is 0 Å². The highest BCUT2D eigenvalue weighted by Crippen LogP contribution is 2.15. The predicted octanol–water partition coefficient (Wildman–Crippen LogP) is 2.58. The van der Waals surface area contributed by atoms with Gasteiger partial charge in [0.1, 0.15) is 36.0 Å². The second-order valence-corrected chi connectivity index (χ2v) is 15.5. The van der Waals surface area contributed by atoms with Crippen molar-refractivity contribution >= 4 is 41.5 Å². The maximum Gasteiger partial charge on any atom is 0.326 e. The van der Waals surface area contributed by atoms with Gasteiger partial charge in [0.25, 0.3) is 0 Å². The van der Waals surface area contributed by atoms with Gasteiger partial charge in [0.15, 0.2) is 0 Å². The number of nitrogens with zero attached hydrogens (tertiary/aromatic N) is 1. The van der Waals surface area contributed by atoms with E-state index in [0.717, 1.165) is 11.1 Å². The van der Waals surface area contributed by atoms with Crippen molar-refractivity contribution in [3.05, 3.63) is 102 Å². The lowest BCUT2D eigenvalue weighted by Crippen LogP contribution is -2.60. The van der Waals surface area contributed by atoms with E-state index in [9.17, 15) is 43.8 Å². The molecule has 0 bridgehead atoms. The van der Waals surface area contributed by atoms with Crippen LogP contribution in [0.4, 0.5) is 4.79 Å². The summed E-state index contributed by atoms with van der Waals surface area (Å²) in [5.74, 6) is -4.63. The highest BCUT2D eigenvalue weighted by molar-refractivity contribution is 5.96. The van der Waals surface area contributed by atoms with E-state index in [1.54, 1.807) is 6.92 Å². The first kappa shape index (κ1) is 47.2. The van der Waals surface area contributed by atoms with Crippen LogP contribution in [0.5, 0.6) is 5.75 Å². The molecule has 0 unspecified atom stereocenters. The van der Waals surface area contributed by atoms with Crippen LogP contribution in [0.1, 0.15) is 69.1 Å². The van der Waals surface area contributed by atoms with Crippen molar-refractivity contribution in [1.82, 2.24) is 36.8 Å². The quantitative estimate of drug-likeness (QED) is 0.126. The Bertz CT molecular complexity index is 1930. The van der Waals surface area contributed by atoms with Crippen LogP contribution in [0, 0.1) is 5.92 Å². The van der Waals surface area contributed by atoms with Gasteiger partial charge >= 0.3 is 12.0 Å². The summed E-state index contributed by atoms with van der Waals surface area (Å²) < 4.78 is 0. The van der Waals surface area contributed by atoms with E-state index in [4.69, 9.17) is 0 Å².